The summed E-state index contributed by atoms with van der Waals surface area (Å²) >= 11 is 0. The fraction of sp³-hybridized carbons (Fsp3) is 0.294. The molecule has 106 valence electrons. The maximum atomic E-state index is 9.45. The Morgan fingerprint density at radius 2 is 1.40 bits per heavy atom. The third-order valence-corrected chi connectivity index (χ3v) is 2.89. The smallest absolute Gasteiger partial charge is 0.127 e. The van der Waals surface area contributed by atoms with E-state index in [2.05, 4.69) is 6.92 Å². The SMILES string of the molecule is CCCOc1ccc(Oc2ccc([C@H](C)O)cc2)cc1. The topological polar surface area (TPSA) is 38.7 Å². The third-order valence-electron chi connectivity index (χ3n) is 2.89. The fourth-order valence-corrected chi connectivity index (χ4v) is 1.77. The van der Waals surface area contributed by atoms with Crippen LogP contribution in [0, 0.1) is 0 Å². The van der Waals surface area contributed by atoms with E-state index in [0.717, 1.165) is 35.8 Å². The Kier molecular flexibility index (Phi) is 5.02. The number of benzene rings is 2. The highest BCUT2D eigenvalue weighted by Gasteiger charge is 2.02. The predicted octanol–water partition coefficient (Wildman–Crippen LogP) is 4.32. The first-order valence-electron chi connectivity index (χ1n) is 6.88. The Bertz CT molecular complexity index is 515. The minimum Gasteiger partial charge on any atom is -0.494 e. The molecule has 2 aromatic carbocycles. The summed E-state index contributed by atoms with van der Waals surface area (Å²) in [6.07, 6.45) is 0.535. The molecule has 0 radical (unpaired) electrons. The summed E-state index contributed by atoms with van der Waals surface area (Å²) in [5.41, 5.74) is 0.876. The highest BCUT2D eigenvalue weighted by Crippen LogP contribution is 2.25. The van der Waals surface area contributed by atoms with Crippen LogP contribution < -0.4 is 9.47 Å². The number of ether oxygens (including phenoxy) is 2. The van der Waals surface area contributed by atoms with Gasteiger partial charge in [-0.2, -0.15) is 0 Å². The van der Waals surface area contributed by atoms with E-state index in [0.29, 0.717) is 0 Å². The van der Waals surface area contributed by atoms with Crippen LogP contribution >= 0.6 is 0 Å². The van der Waals surface area contributed by atoms with E-state index in [9.17, 15) is 5.11 Å². The van der Waals surface area contributed by atoms with Gasteiger partial charge in [0.2, 0.25) is 0 Å². The average molecular weight is 272 g/mol. The zero-order valence-corrected chi connectivity index (χ0v) is 11.9. The first-order chi connectivity index (χ1) is 9.69. The summed E-state index contributed by atoms with van der Waals surface area (Å²) in [6, 6.07) is 15.0. The van der Waals surface area contributed by atoms with Crippen molar-refractivity contribution in [1.82, 2.24) is 0 Å². The lowest BCUT2D eigenvalue weighted by atomic mass is 10.1. The van der Waals surface area contributed by atoms with E-state index in [4.69, 9.17) is 9.47 Å². The van der Waals surface area contributed by atoms with Crippen LogP contribution in [-0.2, 0) is 0 Å². The van der Waals surface area contributed by atoms with Crippen molar-refractivity contribution in [2.75, 3.05) is 6.61 Å². The van der Waals surface area contributed by atoms with Crippen molar-refractivity contribution in [2.45, 2.75) is 26.4 Å². The van der Waals surface area contributed by atoms with Gasteiger partial charge in [-0.15, -0.1) is 0 Å². The molecule has 0 saturated heterocycles. The summed E-state index contributed by atoms with van der Waals surface area (Å²) in [6.45, 7) is 4.54. The molecule has 0 saturated carbocycles. The van der Waals surface area contributed by atoms with E-state index in [1.165, 1.54) is 0 Å². The Hall–Kier alpha value is -2.00. The first kappa shape index (κ1) is 14.4. The fourth-order valence-electron chi connectivity index (χ4n) is 1.77. The van der Waals surface area contributed by atoms with Gasteiger partial charge in [0.15, 0.2) is 0 Å². The lowest BCUT2D eigenvalue weighted by Gasteiger charge is -2.09. The number of hydrogen-bond donors (Lipinski definition) is 1. The first-order valence-corrected chi connectivity index (χ1v) is 6.88. The summed E-state index contributed by atoms with van der Waals surface area (Å²) < 4.78 is 11.3. The number of aliphatic hydroxyl groups excluding tert-OH is 1. The predicted molar refractivity (Wildman–Crippen MR) is 79.4 cm³/mol. The maximum absolute atomic E-state index is 9.45. The van der Waals surface area contributed by atoms with Gasteiger partial charge >= 0.3 is 0 Å². The zero-order valence-electron chi connectivity index (χ0n) is 11.9. The molecule has 1 atom stereocenters. The Labute approximate surface area is 119 Å². The molecule has 1 N–H and O–H groups in total. The van der Waals surface area contributed by atoms with Crippen molar-refractivity contribution in [1.29, 1.82) is 0 Å². The lowest BCUT2D eigenvalue weighted by Crippen LogP contribution is -1.94. The monoisotopic (exact) mass is 272 g/mol. The quantitative estimate of drug-likeness (QED) is 0.851. The van der Waals surface area contributed by atoms with Gasteiger partial charge in [-0.1, -0.05) is 19.1 Å². The van der Waals surface area contributed by atoms with E-state index in [1.807, 2.05) is 48.5 Å². The van der Waals surface area contributed by atoms with E-state index >= 15 is 0 Å². The van der Waals surface area contributed by atoms with Crippen LogP contribution in [0.4, 0.5) is 0 Å². The van der Waals surface area contributed by atoms with E-state index in [-0.39, 0.29) is 0 Å². The largest absolute Gasteiger partial charge is 0.494 e. The zero-order chi connectivity index (χ0) is 14.4. The molecule has 0 spiro atoms. The molecule has 0 heterocycles. The van der Waals surface area contributed by atoms with Crippen molar-refractivity contribution in [3.63, 3.8) is 0 Å². The van der Waals surface area contributed by atoms with Gasteiger partial charge in [0.05, 0.1) is 12.7 Å². The van der Waals surface area contributed by atoms with Gasteiger partial charge in [-0.3, -0.25) is 0 Å². The molecule has 3 nitrogen and oxygen atoms in total. The molecule has 0 bridgehead atoms. The molecule has 0 aliphatic rings. The molecular formula is C17H20O3. The molecular weight excluding hydrogens is 252 g/mol. The number of rotatable bonds is 6. The second-order valence-corrected chi connectivity index (χ2v) is 4.67. The molecule has 2 rings (SSSR count). The number of aliphatic hydroxyl groups is 1. The molecule has 0 aliphatic heterocycles. The van der Waals surface area contributed by atoms with Gasteiger partial charge in [0, 0.05) is 0 Å². The molecule has 0 fully saturated rings. The minimum atomic E-state index is -0.459. The molecule has 0 amide bonds. The van der Waals surface area contributed by atoms with Crippen LogP contribution in [0.1, 0.15) is 31.9 Å². The second kappa shape index (κ2) is 6.96. The van der Waals surface area contributed by atoms with Crippen LogP contribution in [-0.4, -0.2) is 11.7 Å². The third kappa shape index (κ3) is 4.00. The maximum Gasteiger partial charge on any atom is 0.127 e. The summed E-state index contributed by atoms with van der Waals surface area (Å²) in [5.74, 6) is 2.36. The normalized spacial score (nSPS) is 11.9. The van der Waals surface area contributed by atoms with Crippen molar-refractivity contribution < 1.29 is 14.6 Å². The highest BCUT2D eigenvalue weighted by molar-refractivity contribution is 5.36. The second-order valence-electron chi connectivity index (χ2n) is 4.67. The minimum absolute atomic E-state index is 0.459. The van der Waals surface area contributed by atoms with Crippen molar-refractivity contribution in [3.8, 4) is 17.2 Å². The molecule has 0 aromatic heterocycles. The van der Waals surface area contributed by atoms with E-state index < -0.39 is 6.10 Å². The van der Waals surface area contributed by atoms with Gasteiger partial charge < -0.3 is 14.6 Å². The average Bonchev–Trinajstić information content (AvgIpc) is 2.47. The summed E-state index contributed by atoms with van der Waals surface area (Å²) in [7, 11) is 0. The van der Waals surface area contributed by atoms with Crippen molar-refractivity contribution in [3.05, 3.63) is 54.1 Å². The highest BCUT2D eigenvalue weighted by atomic mass is 16.5. The summed E-state index contributed by atoms with van der Waals surface area (Å²) in [5, 5.41) is 9.45. The van der Waals surface area contributed by atoms with Crippen molar-refractivity contribution in [2.24, 2.45) is 0 Å². The summed E-state index contributed by atoms with van der Waals surface area (Å²) in [4.78, 5) is 0. The van der Waals surface area contributed by atoms with Crippen LogP contribution in [0.2, 0.25) is 0 Å². The molecule has 0 unspecified atom stereocenters. The standard InChI is InChI=1S/C17H20O3/c1-3-12-19-15-8-10-17(11-9-15)20-16-6-4-14(5-7-16)13(2)18/h4-11,13,18H,3,12H2,1-2H3/t13-/m0/s1. The lowest BCUT2D eigenvalue weighted by molar-refractivity contribution is 0.199. The molecule has 2 aromatic rings. The Morgan fingerprint density at radius 3 is 1.90 bits per heavy atom. The van der Waals surface area contributed by atoms with Gasteiger partial charge in [-0.05, 0) is 55.3 Å². The van der Waals surface area contributed by atoms with Crippen LogP contribution in [0.5, 0.6) is 17.2 Å². The molecule has 0 aliphatic carbocycles. The van der Waals surface area contributed by atoms with Crippen molar-refractivity contribution >= 4 is 0 Å². The van der Waals surface area contributed by atoms with Gasteiger partial charge in [0.1, 0.15) is 17.2 Å². The van der Waals surface area contributed by atoms with E-state index in [1.54, 1.807) is 6.92 Å². The van der Waals surface area contributed by atoms with Gasteiger partial charge in [-0.25, -0.2) is 0 Å². The Balaban J connectivity index is 1.98. The van der Waals surface area contributed by atoms with Crippen LogP contribution in [0.3, 0.4) is 0 Å². The van der Waals surface area contributed by atoms with Crippen LogP contribution in [0.25, 0.3) is 0 Å². The number of hydrogen-bond acceptors (Lipinski definition) is 3. The van der Waals surface area contributed by atoms with Gasteiger partial charge in [0.25, 0.3) is 0 Å². The van der Waals surface area contributed by atoms with Crippen LogP contribution in [0.15, 0.2) is 48.5 Å². The Morgan fingerprint density at radius 1 is 0.900 bits per heavy atom. The molecule has 20 heavy (non-hydrogen) atoms. The molecule has 3 heteroatoms.